The zero-order valence-electron chi connectivity index (χ0n) is 18.3. The summed E-state index contributed by atoms with van der Waals surface area (Å²) in [6.07, 6.45) is 1.88. The number of nitrogens with zero attached hydrogens (tertiary/aromatic N) is 2. The van der Waals surface area contributed by atoms with Crippen LogP contribution in [0.3, 0.4) is 0 Å². The summed E-state index contributed by atoms with van der Waals surface area (Å²) < 4.78 is 12.9. The molecule has 5 heteroatoms. The Morgan fingerprint density at radius 3 is 2.48 bits per heavy atom. The second-order valence-electron chi connectivity index (χ2n) is 7.44. The highest BCUT2D eigenvalue weighted by Crippen LogP contribution is 2.28. The van der Waals surface area contributed by atoms with Crippen molar-refractivity contribution in [1.29, 1.82) is 0 Å². The van der Waals surface area contributed by atoms with Crippen LogP contribution in [0.5, 0.6) is 11.5 Å². The lowest BCUT2D eigenvalue weighted by Crippen LogP contribution is -2.06. The topological polar surface area (TPSA) is 47.8 Å². The van der Waals surface area contributed by atoms with Crippen molar-refractivity contribution in [1.82, 2.24) is 9.99 Å². The standard InChI is InChI=1S/C26H27N3O2/c1-18-14-22(17-28-27-16-20-12-13-25(30-3)26(15-20)31-4)19(2)29(18)24-11-7-9-21-8-5-6-10-23(21)24/h5-15,17,27H,16H2,1-4H3/b28-17-. The Morgan fingerprint density at radius 2 is 1.68 bits per heavy atom. The molecule has 0 unspecified atom stereocenters. The molecule has 0 aliphatic carbocycles. The Kier molecular flexibility index (Phi) is 5.94. The lowest BCUT2D eigenvalue weighted by atomic mass is 10.1. The molecule has 0 bridgehead atoms. The number of nitrogens with one attached hydrogen (secondary N) is 1. The number of rotatable bonds is 7. The minimum absolute atomic E-state index is 0.596. The van der Waals surface area contributed by atoms with E-state index in [2.05, 4.69) is 77.5 Å². The number of benzene rings is 3. The van der Waals surface area contributed by atoms with Crippen LogP contribution >= 0.6 is 0 Å². The van der Waals surface area contributed by atoms with Gasteiger partial charge in [0.2, 0.25) is 0 Å². The van der Waals surface area contributed by atoms with Gasteiger partial charge in [-0.3, -0.25) is 0 Å². The Balaban J connectivity index is 1.53. The number of hydrogen-bond acceptors (Lipinski definition) is 4. The number of aryl methyl sites for hydroxylation is 1. The van der Waals surface area contributed by atoms with Crippen molar-refractivity contribution in [2.24, 2.45) is 5.10 Å². The Labute approximate surface area is 182 Å². The van der Waals surface area contributed by atoms with Crippen molar-refractivity contribution < 1.29 is 9.47 Å². The molecule has 0 aliphatic heterocycles. The first kappa shape index (κ1) is 20.5. The maximum absolute atomic E-state index is 5.36. The fourth-order valence-corrected chi connectivity index (χ4v) is 3.94. The van der Waals surface area contributed by atoms with Crippen molar-refractivity contribution in [2.75, 3.05) is 14.2 Å². The van der Waals surface area contributed by atoms with Gasteiger partial charge >= 0.3 is 0 Å². The van der Waals surface area contributed by atoms with Crippen LogP contribution in [-0.4, -0.2) is 25.0 Å². The van der Waals surface area contributed by atoms with E-state index in [0.29, 0.717) is 12.3 Å². The second-order valence-corrected chi connectivity index (χ2v) is 7.44. The van der Waals surface area contributed by atoms with E-state index < -0.39 is 0 Å². The molecule has 31 heavy (non-hydrogen) atoms. The van der Waals surface area contributed by atoms with E-state index in [-0.39, 0.29) is 0 Å². The first-order valence-electron chi connectivity index (χ1n) is 10.3. The maximum Gasteiger partial charge on any atom is 0.161 e. The average Bonchev–Trinajstić information content (AvgIpc) is 3.08. The third-order valence-electron chi connectivity index (χ3n) is 5.50. The highest BCUT2D eigenvalue weighted by molar-refractivity contribution is 5.91. The maximum atomic E-state index is 5.36. The highest BCUT2D eigenvalue weighted by atomic mass is 16.5. The van der Waals surface area contributed by atoms with Crippen LogP contribution in [-0.2, 0) is 6.54 Å². The first-order valence-corrected chi connectivity index (χ1v) is 10.3. The summed E-state index contributed by atoms with van der Waals surface area (Å²) in [6.45, 7) is 4.85. The number of ether oxygens (including phenoxy) is 2. The molecular weight excluding hydrogens is 386 g/mol. The predicted molar refractivity (Wildman–Crippen MR) is 127 cm³/mol. The van der Waals surface area contributed by atoms with E-state index in [9.17, 15) is 0 Å². The minimum Gasteiger partial charge on any atom is -0.493 e. The van der Waals surface area contributed by atoms with Gasteiger partial charge < -0.3 is 19.5 Å². The molecule has 1 aromatic heterocycles. The monoisotopic (exact) mass is 413 g/mol. The average molecular weight is 414 g/mol. The Morgan fingerprint density at radius 1 is 0.903 bits per heavy atom. The summed E-state index contributed by atoms with van der Waals surface area (Å²) in [4.78, 5) is 0. The molecule has 3 aromatic carbocycles. The first-order chi connectivity index (χ1) is 15.1. The smallest absolute Gasteiger partial charge is 0.161 e. The summed E-state index contributed by atoms with van der Waals surface area (Å²) in [5, 5.41) is 6.92. The van der Waals surface area contributed by atoms with Crippen LogP contribution < -0.4 is 14.9 Å². The lowest BCUT2D eigenvalue weighted by Gasteiger charge is -2.13. The quantitative estimate of drug-likeness (QED) is 0.326. The van der Waals surface area contributed by atoms with E-state index in [4.69, 9.17) is 9.47 Å². The normalized spacial score (nSPS) is 11.2. The fraction of sp³-hybridized carbons (Fsp3) is 0.192. The third-order valence-corrected chi connectivity index (χ3v) is 5.50. The molecule has 0 spiro atoms. The van der Waals surface area contributed by atoms with Gasteiger partial charge in [-0.25, -0.2) is 0 Å². The number of methoxy groups -OCH3 is 2. The summed E-state index contributed by atoms with van der Waals surface area (Å²) in [5.41, 5.74) is 8.80. The van der Waals surface area contributed by atoms with Crippen LogP contribution in [0.4, 0.5) is 0 Å². The molecule has 0 radical (unpaired) electrons. The number of hydrogen-bond donors (Lipinski definition) is 1. The van der Waals surface area contributed by atoms with Crippen LogP contribution in [0.25, 0.3) is 16.5 Å². The fourth-order valence-electron chi connectivity index (χ4n) is 3.94. The van der Waals surface area contributed by atoms with Gasteiger partial charge in [0.15, 0.2) is 11.5 Å². The molecule has 4 aromatic rings. The second kappa shape index (κ2) is 8.96. The molecule has 5 nitrogen and oxygen atoms in total. The summed E-state index contributed by atoms with van der Waals surface area (Å²) >= 11 is 0. The van der Waals surface area contributed by atoms with Crippen molar-refractivity contribution in [3.05, 3.63) is 89.2 Å². The third kappa shape index (κ3) is 4.12. The Hall–Kier alpha value is -3.73. The van der Waals surface area contributed by atoms with Crippen molar-refractivity contribution >= 4 is 17.0 Å². The summed E-state index contributed by atoms with van der Waals surface area (Å²) in [7, 11) is 3.27. The van der Waals surface area contributed by atoms with Crippen LogP contribution in [0, 0.1) is 13.8 Å². The van der Waals surface area contributed by atoms with Crippen molar-refractivity contribution in [3.8, 4) is 17.2 Å². The van der Waals surface area contributed by atoms with E-state index in [1.54, 1.807) is 14.2 Å². The number of hydrazone groups is 1. The van der Waals surface area contributed by atoms with Crippen LogP contribution in [0.2, 0.25) is 0 Å². The molecule has 158 valence electrons. The Bertz CT molecular complexity index is 1240. The number of fused-ring (bicyclic) bond motifs is 1. The van der Waals surface area contributed by atoms with Gasteiger partial charge in [0.05, 0.1) is 32.7 Å². The van der Waals surface area contributed by atoms with Gasteiger partial charge in [0, 0.05) is 22.3 Å². The minimum atomic E-state index is 0.596. The molecule has 1 N–H and O–H groups in total. The van der Waals surface area contributed by atoms with Gasteiger partial charge in [-0.05, 0) is 49.1 Å². The molecule has 0 amide bonds. The molecular formula is C26H27N3O2. The molecule has 0 saturated carbocycles. The zero-order chi connectivity index (χ0) is 21.8. The summed E-state index contributed by atoms with van der Waals surface area (Å²) in [5.74, 6) is 1.43. The van der Waals surface area contributed by atoms with Crippen LogP contribution in [0.1, 0.15) is 22.5 Å². The van der Waals surface area contributed by atoms with Crippen LogP contribution in [0.15, 0.2) is 71.8 Å². The predicted octanol–water partition coefficient (Wildman–Crippen LogP) is 5.39. The highest BCUT2D eigenvalue weighted by Gasteiger charge is 2.11. The van der Waals surface area contributed by atoms with Gasteiger partial charge in [-0.2, -0.15) is 5.10 Å². The van der Waals surface area contributed by atoms with E-state index in [0.717, 1.165) is 22.6 Å². The zero-order valence-corrected chi connectivity index (χ0v) is 18.3. The largest absolute Gasteiger partial charge is 0.493 e. The molecule has 0 saturated heterocycles. The molecule has 4 rings (SSSR count). The molecule has 0 atom stereocenters. The lowest BCUT2D eigenvalue weighted by molar-refractivity contribution is 0.354. The molecule has 1 heterocycles. The van der Waals surface area contributed by atoms with E-state index >= 15 is 0 Å². The molecule has 0 aliphatic rings. The van der Waals surface area contributed by atoms with E-state index in [1.165, 1.54) is 22.2 Å². The van der Waals surface area contributed by atoms with Gasteiger partial charge in [0.1, 0.15) is 0 Å². The van der Waals surface area contributed by atoms with E-state index in [1.807, 2.05) is 24.4 Å². The van der Waals surface area contributed by atoms with Gasteiger partial charge in [-0.1, -0.05) is 42.5 Å². The summed E-state index contributed by atoms with van der Waals surface area (Å²) in [6, 6.07) is 22.9. The SMILES string of the molecule is COc1ccc(CN/N=C\c2cc(C)n(-c3cccc4ccccc34)c2C)cc1OC. The van der Waals surface area contributed by atoms with Crippen molar-refractivity contribution in [2.45, 2.75) is 20.4 Å². The molecule has 0 fully saturated rings. The van der Waals surface area contributed by atoms with Crippen molar-refractivity contribution in [3.63, 3.8) is 0 Å². The number of aromatic nitrogens is 1. The van der Waals surface area contributed by atoms with Gasteiger partial charge in [0.25, 0.3) is 0 Å². The van der Waals surface area contributed by atoms with Gasteiger partial charge in [-0.15, -0.1) is 0 Å².